The molecule has 29 heavy (non-hydrogen) atoms. The number of hydrogen-bond donors (Lipinski definition) is 0. The third-order valence-corrected chi connectivity index (χ3v) is 5.26. The number of halogens is 1. The zero-order chi connectivity index (χ0) is 20.1. The van der Waals surface area contributed by atoms with E-state index in [-0.39, 0.29) is 6.23 Å². The summed E-state index contributed by atoms with van der Waals surface area (Å²) in [6.45, 7) is 4.89. The van der Waals surface area contributed by atoms with E-state index in [1.807, 2.05) is 59.4 Å². The summed E-state index contributed by atoms with van der Waals surface area (Å²) >= 11 is 6.03. The van der Waals surface area contributed by atoms with Gasteiger partial charge in [-0.3, -0.25) is 4.99 Å². The first-order chi connectivity index (χ1) is 14.3. The number of nitrogens with zero attached hydrogens (tertiary/aromatic N) is 3. The van der Waals surface area contributed by atoms with Crippen LogP contribution in [0.15, 0.2) is 59.7 Å². The Labute approximate surface area is 175 Å². The Balaban J connectivity index is 1.67. The van der Waals surface area contributed by atoms with Crippen molar-refractivity contribution in [2.45, 2.75) is 37.9 Å². The van der Waals surface area contributed by atoms with Crippen LogP contribution in [0.4, 0.5) is 0 Å². The molecule has 0 N–H and O–H groups in total. The second-order valence-electron chi connectivity index (χ2n) is 7.10. The van der Waals surface area contributed by atoms with Crippen molar-refractivity contribution in [3.05, 3.63) is 65.9 Å². The lowest BCUT2D eigenvalue weighted by molar-refractivity contribution is -0.0394. The standard InChI is InChI=1S/C23H24ClN3O2/c1-25-15-17-8-10-20(11-9-17)29-21-16-27(22-7-2-3-12-28-22)26-23(21)19-6-4-5-18(13-19)14-24/h4-6,8-11,13,16,22H,1-3,7,12,14-15H2. The van der Waals surface area contributed by atoms with E-state index < -0.39 is 0 Å². The number of aliphatic imine (C=N–C) groups is 1. The molecule has 1 saturated heterocycles. The lowest BCUT2D eigenvalue weighted by Gasteiger charge is -2.22. The molecule has 0 saturated carbocycles. The maximum Gasteiger partial charge on any atom is 0.173 e. The first-order valence-corrected chi connectivity index (χ1v) is 10.4. The summed E-state index contributed by atoms with van der Waals surface area (Å²) in [4.78, 5) is 3.92. The van der Waals surface area contributed by atoms with Gasteiger partial charge in [0, 0.05) is 18.1 Å². The fourth-order valence-electron chi connectivity index (χ4n) is 3.45. The van der Waals surface area contributed by atoms with Crippen LogP contribution in [0.1, 0.15) is 36.6 Å². The molecular formula is C23H24ClN3O2. The normalized spacial score (nSPS) is 16.5. The fraction of sp³-hybridized carbons (Fsp3) is 0.304. The second kappa shape index (κ2) is 9.25. The van der Waals surface area contributed by atoms with Gasteiger partial charge < -0.3 is 9.47 Å². The molecule has 0 aliphatic carbocycles. The van der Waals surface area contributed by atoms with Crippen LogP contribution in [0.5, 0.6) is 11.5 Å². The molecule has 0 radical (unpaired) electrons. The van der Waals surface area contributed by atoms with Gasteiger partial charge in [0.1, 0.15) is 17.7 Å². The minimum Gasteiger partial charge on any atom is -0.453 e. The van der Waals surface area contributed by atoms with Gasteiger partial charge in [-0.05, 0) is 55.3 Å². The number of benzene rings is 2. The minimum atomic E-state index is -0.0582. The molecule has 5 nitrogen and oxygen atoms in total. The van der Waals surface area contributed by atoms with Crippen LogP contribution in [0.2, 0.25) is 0 Å². The van der Waals surface area contributed by atoms with Crippen LogP contribution < -0.4 is 4.74 Å². The zero-order valence-electron chi connectivity index (χ0n) is 16.3. The average Bonchev–Trinajstić information content (AvgIpc) is 3.20. The number of rotatable bonds is 7. The van der Waals surface area contributed by atoms with Crippen LogP contribution in [-0.2, 0) is 17.2 Å². The number of alkyl halides is 1. The Bertz CT molecular complexity index is 963. The molecule has 1 aliphatic heterocycles. The number of ether oxygens (including phenoxy) is 2. The van der Waals surface area contributed by atoms with Gasteiger partial charge in [-0.2, -0.15) is 5.10 Å². The van der Waals surface area contributed by atoms with E-state index in [0.29, 0.717) is 18.2 Å². The lowest BCUT2D eigenvalue weighted by Crippen LogP contribution is -2.18. The number of aromatic nitrogens is 2. The molecule has 0 spiro atoms. The van der Waals surface area contributed by atoms with Crippen molar-refractivity contribution in [2.75, 3.05) is 6.61 Å². The van der Waals surface area contributed by atoms with Gasteiger partial charge in [0.15, 0.2) is 5.75 Å². The lowest BCUT2D eigenvalue weighted by atomic mass is 10.1. The van der Waals surface area contributed by atoms with Gasteiger partial charge >= 0.3 is 0 Å². The maximum atomic E-state index is 6.22. The molecule has 1 aliphatic rings. The van der Waals surface area contributed by atoms with Crippen molar-refractivity contribution in [3.63, 3.8) is 0 Å². The van der Waals surface area contributed by atoms with Crippen LogP contribution >= 0.6 is 11.6 Å². The summed E-state index contributed by atoms with van der Waals surface area (Å²) in [6.07, 6.45) is 5.05. The van der Waals surface area contributed by atoms with E-state index in [0.717, 1.165) is 54.0 Å². The molecule has 1 atom stereocenters. The van der Waals surface area contributed by atoms with Crippen molar-refractivity contribution < 1.29 is 9.47 Å². The summed E-state index contributed by atoms with van der Waals surface area (Å²) in [5, 5.41) is 4.82. The van der Waals surface area contributed by atoms with Crippen molar-refractivity contribution in [1.29, 1.82) is 0 Å². The van der Waals surface area contributed by atoms with Crippen LogP contribution in [0, 0.1) is 0 Å². The summed E-state index contributed by atoms with van der Waals surface area (Å²) in [7, 11) is 0. The quantitative estimate of drug-likeness (QED) is 0.356. The Morgan fingerprint density at radius 3 is 2.76 bits per heavy atom. The highest BCUT2D eigenvalue weighted by atomic mass is 35.5. The summed E-state index contributed by atoms with van der Waals surface area (Å²) in [5.74, 6) is 1.90. The molecular weight excluding hydrogens is 386 g/mol. The Kier molecular flexibility index (Phi) is 6.27. The van der Waals surface area contributed by atoms with Crippen LogP contribution in [0.3, 0.4) is 0 Å². The molecule has 150 valence electrons. The zero-order valence-corrected chi connectivity index (χ0v) is 17.0. The van der Waals surface area contributed by atoms with Gasteiger partial charge in [-0.25, -0.2) is 4.68 Å². The van der Waals surface area contributed by atoms with E-state index in [2.05, 4.69) is 11.7 Å². The third kappa shape index (κ3) is 4.69. The molecule has 0 bridgehead atoms. The van der Waals surface area contributed by atoms with Gasteiger partial charge in [-0.15, -0.1) is 11.6 Å². The first-order valence-electron chi connectivity index (χ1n) is 9.82. The summed E-state index contributed by atoms with van der Waals surface area (Å²) in [5.41, 5.74) is 3.89. The average molecular weight is 410 g/mol. The second-order valence-corrected chi connectivity index (χ2v) is 7.37. The Morgan fingerprint density at radius 2 is 2.03 bits per heavy atom. The summed E-state index contributed by atoms with van der Waals surface area (Å²) < 4.78 is 14.0. The third-order valence-electron chi connectivity index (χ3n) is 4.95. The van der Waals surface area contributed by atoms with Crippen molar-refractivity contribution >= 4 is 18.3 Å². The molecule has 4 rings (SSSR count). The summed E-state index contributed by atoms with van der Waals surface area (Å²) in [6, 6.07) is 15.9. The van der Waals surface area contributed by atoms with E-state index in [4.69, 9.17) is 26.2 Å². The van der Waals surface area contributed by atoms with E-state index >= 15 is 0 Å². The monoisotopic (exact) mass is 409 g/mol. The topological polar surface area (TPSA) is 48.6 Å². The van der Waals surface area contributed by atoms with E-state index in [1.165, 1.54) is 0 Å². The highest BCUT2D eigenvalue weighted by molar-refractivity contribution is 6.17. The van der Waals surface area contributed by atoms with Gasteiger partial charge in [0.25, 0.3) is 0 Å². The molecule has 2 aromatic carbocycles. The molecule has 2 heterocycles. The van der Waals surface area contributed by atoms with Crippen molar-refractivity contribution in [3.8, 4) is 22.8 Å². The predicted molar refractivity (Wildman–Crippen MR) is 116 cm³/mol. The van der Waals surface area contributed by atoms with Crippen molar-refractivity contribution in [1.82, 2.24) is 9.78 Å². The largest absolute Gasteiger partial charge is 0.453 e. The molecule has 6 heteroatoms. The first kappa shape index (κ1) is 19.7. The maximum absolute atomic E-state index is 6.22. The molecule has 1 unspecified atom stereocenters. The van der Waals surface area contributed by atoms with Gasteiger partial charge in [-0.1, -0.05) is 30.3 Å². The molecule has 3 aromatic rings. The minimum absolute atomic E-state index is 0.0582. The number of hydrogen-bond acceptors (Lipinski definition) is 4. The van der Waals surface area contributed by atoms with Crippen LogP contribution in [0.25, 0.3) is 11.3 Å². The SMILES string of the molecule is C=NCc1ccc(Oc2cn(C3CCCCO3)nc2-c2cccc(CCl)c2)cc1. The Morgan fingerprint density at radius 1 is 1.17 bits per heavy atom. The Hall–Kier alpha value is -2.63. The highest BCUT2D eigenvalue weighted by Gasteiger charge is 2.21. The molecule has 1 fully saturated rings. The fourth-order valence-corrected chi connectivity index (χ4v) is 3.62. The predicted octanol–water partition coefficient (Wildman–Crippen LogP) is 5.98. The van der Waals surface area contributed by atoms with E-state index in [9.17, 15) is 0 Å². The molecule has 1 aromatic heterocycles. The van der Waals surface area contributed by atoms with Crippen molar-refractivity contribution in [2.24, 2.45) is 4.99 Å². The van der Waals surface area contributed by atoms with E-state index in [1.54, 1.807) is 0 Å². The van der Waals surface area contributed by atoms with Crippen LogP contribution in [-0.4, -0.2) is 23.1 Å². The molecule has 0 amide bonds. The highest BCUT2D eigenvalue weighted by Crippen LogP contribution is 2.35. The van der Waals surface area contributed by atoms with Gasteiger partial charge in [0.05, 0.1) is 12.7 Å². The smallest absolute Gasteiger partial charge is 0.173 e. The van der Waals surface area contributed by atoms with Gasteiger partial charge in [0.2, 0.25) is 0 Å².